The fourth-order valence-electron chi connectivity index (χ4n) is 2.92. The Bertz CT molecular complexity index is 594. The molecule has 6 heteroatoms. The van der Waals surface area contributed by atoms with Crippen LogP contribution in [0.2, 0.25) is 0 Å². The van der Waals surface area contributed by atoms with E-state index in [0.717, 1.165) is 24.2 Å². The Morgan fingerprint density at radius 1 is 1.36 bits per heavy atom. The van der Waals surface area contributed by atoms with Crippen LogP contribution in [0.1, 0.15) is 24.4 Å². The Morgan fingerprint density at radius 2 is 2.23 bits per heavy atom. The van der Waals surface area contributed by atoms with Crippen molar-refractivity contribution < 1.29 is 14.3 Å². The number of carbonyl (C=O) groups is 1. The number of urea groups is 1. The second-order valence-electron chi connectivity index (χ2n) is 5.64. The van der Waals surface area contributed by atoms with Gasteiger partial charge in [-0.25, -0.2) is 9.18 Å². The summed E-state index contributed by atoms with van der Waals surface area (Å²) in [5.41, 5.74) is 0.849. The summed E-state index contributed by atoms with van der Waals surface area (Å²) in [6.45, 7) is 0.1000. The summed E-state index contributed by atoms with van der Waals surface area (Å²) in [5.74, 6) is 0.680. The second-order valence-corrected chi connectivity index (χ2v) is 6.74. The molecule has 0 aromatic heterocycles. The highest BCUT2D eigenvalue weighted by Gasteiger charge is 2.26. The van der Waals surface area contributed by atoms with Gasteiger partial charge in [0, 0.05) is 29.2 Å². The van der Waals surface area contributed by atoms with Gasteiger partial charge in [-0.05, 0) is 24.5 Å². The lowest BCUT2D eigenvalue weighted by molar-refractivity contribution is 0.228. The number of benzene rings is 1. The minimum absolute atomic E-state index is 0.0536. The SMILES string of the molecule is O=C(NC1CCSc2c(F)cccc21)N[C@@H]1C=C[C@H](CO)C1. The van der Waals surface area contributed by atoms with Crippen LogP contribution in [-0.4, -0.2) is 29.5 Å². The van der Waals surface area contributed by atoms with Crippen LogP contribution in [-0.2, 0) is 0 Å². The number of nitrogens with one attached hydrogen (secondary N) is 2. The van der Waals surface area contributed by atoms with Crippen LogP contribution < -0.4 is 10.6 Å². The van der Waals surface area contributed by atoms with Crippen molar-refractivity contribution >= 4 is 17.8 Å². The van der Waals surface area contributed by atoms with Gasteiger partial charge in [0.2, 0.25) is 0 Å². The zero-order valence-electron chi connectivity index (χ0n) is 12.1. The first-order chi connectivity index (χ1) is 10.7. The summed E-state index contributed by atoms with van der Waals surface area (Å²) in [6, 6.07) is 4.53. The average Bonchev–Trinajstić information content (AvgIpc) is 2.96. The molecule has 0 fully saturated rings. The van der Waals surface area contributed by atoms with Crippen LogP contribution in [0.25, 0.3) is 0 Å². The summed E-state index contributed by atoms with van der Waals surface area (Å²) in [5, 5.41) is 14.9. The minimum atomic E-state index is -0.250. The van der Waals surface area contributed by atoms with Crippen molar-refractivity contribution in [2.45, 2.75) is 29.8 Å². The van der Waals surface area contributed by atoms with E-state index in [2.05, 4.69) is 10.6 Å². The Kier molecular flexibility index (Phi) is 4.69. The van der Waals surface area contributed by atoms with E-state index in [1.165, 1.54) is 17.8 Å². The molecule has 1 aromatic rings. The molecule has 1 aliphatic heterocycles. The van der Waals surface area contributed by atoms with Crippen molar-refractivity contribution in [1.82, 2.24) is 10.6 Å². The highest BCUT2D eigenvalue weighted by molar-refractivity contribution is 7.99. The number of halogens is 1. The molecule has 3 atom stereocenters. The Hall–Kier alpha value is -1.53. The fraction of sp³-hybridized carbons (Fsp3) is 0.438. The highest BCUT2D eigenvalue weighted by atomic mass is 32.2. The zero-order valence-corrected chi connectivity index (χ0v) is 12.9. The Morgan fingerprint density at radius 3 is 3.00 bits per heavy atom. The summed E-state index contributed by atoms with van der Waals surface area (Å²) in [4.78, 5) is 12.8. The van der Waals surface area contributed by atoms with Crippen molar-refractivity contribution in [3.63, 3.8) is 0 Å². The molecule has 1 aliphatic carbocycles. The van der Waals surface area contributed by atoms with E-state index in [4.69, 9.17) is 5.11 Å². The molecule has 0 saturated carbocycles. The largest absolute Gasteiger partial charge is 0.396 e. The number of fused-ring (bicyclic) bond motifs is 1. The number of carbonyl (C=O) groups excluding carboxylic acids is 1. The van der Waals surface area contributed by atoms with Crippen molar-refractivity contribution in [2.75, 3.05) is 12.4 Å². The number of aliphatic hydroxyl groups excluding tert-OH is 1. The van der Waals surface area contributed by atoms with Gasteiger partial charge in [-0.1, -0.05) is 24.3 Å². The maximum atomic E-state index is 13.8. The van der Waals surface area contributed by atoms with Gasteiger partial charge in [0.15, 0.2) is 0 Å². The summed E-state index contributed by atoms with van der Waals surface area (Å²) in [6.07, 6.45) is 5.33. The Balaban J connectivity index is 1.61. The maximum absolute atomic E-state index is 13.8. The van der Waals surface area contributed by atoms with Gasteiger partial charge in [-0.2, -0.15) is 0 Å². The van der Waals surface area contributed by atoms with Crippen molar-refractivity contribution in [1.29, 1.82) is 0 Å². The third-order valence-corrected chi connectivity index (χ3v) is 5.21. The van der Waals surface area contributed by atoms with Gasteiger partial charge in [-0.15, -0.1) is 11.8 Å². The first-order valence-corrected chi connectivity index (χ1v) is 8.43. The smallest absolute Gasteiger partial charge is 0.315 e. The number of thioether (sulfide) groups is 1. The quantitative estimate of drug-likeness (QED) is 0.750. The normalized spacial score (nSPS) is 26.5. The molecule has 0 bridgehead atoms. The van der Waals surface area contributed by atoms with Crippen molar-refractivity contribution in [3.05, 3.63) is 41.7 Å². The molecule has 0 saturated heterocycles. The monoisotopic (exact) mass is 322 g/mol. The molecule has 1 aromatic carbocycles. The van der Waals surface area contributed by atoms with Crippen LogP contribution in [0, 0.1) is 11.7 Å². The number of hydrogen-bond acceptors (Lipinski definition) is 3. The molecule has 3 rings (SSSR count). The maximum Gasteiger partial charge on any atom is 0.315 e. The van der Waals surface area contributed by atoms with Crippen LogP contribution >= 0.6 is 11.8 Å². The van der Waals surface area contributed by atoms with Crippen LogP contribution in [0.15, 0.2) is 35.2 Å². The lowest BCUT2D eigenvalue weighted by Gasteiger charge is -2.27. The third-order valence-electron chi connectivity index (χ3n) is 4.05. The van der Waals surface area contributed by atoms with Gasteiger partial charge in [0.25, 0.3) is 0 Å². The molecule has 4 nitrogen and oxygen atoms in total. The molecule has 2 aliphatic rings. The average molecular weight is 322 g/mol. The molecule has 3 N–H and O–H groups in total. The molecule has 118 valence electrons. The van der Waals surface area contributed by atoms with Crippen LogP contribution in [0.5, 0.6) is 0 Å². The van der Waals surface area contributed by atoms with Crippen molar-refractivity contribution in [3.8, 4) is 0 Å². The topological polar surface area (TPSA) is 61.4 Å². The number of hydrogen-bond donors (Lipinski definition) is 3. The lowest BCUT2D eigenvalue weighted by Crippen LogP contribution is -2.43. The third kappa shape index (κ3) is 3.28. The van der Waals surface area contributed by atoms with E-state index in [-0.39, 0.29) is 36.5 Å². The van der Waals surface area contributed by atoms with Crippen LogP contribution in [0.4, 0.5) is 9.18 Å². The van der Waals surface area contributed by atoms with Gasteiger partial charge in [0.05, 0.1) is 6.04 Å². The minimum Gasteiger partial charge on any atom is -0.396 e. The molecule has 1 heterocycles. The molecular weight excluding hydrogens is 303 g/mol. The number of rotatable bonds is 3. The van der Waals surface area contributed by atoms with E-state index in [0.29, 0.717) is 4.90 Å². The number of amides is 2. The molecule has 0 spiro atoms. The summed E-state index contributed by atoms with van der Waals surface area (Å²) >= 11 is 1.50. The van der Waals surface area contributed by atoms with E-state index >= 15 is 0 Å². The molecule has 1 unspecified atom stereocenters. The van der Waals surface area contributed by atoms with Gasteiger partial charge in [-0.3, -0.25) is 0 Å². The van der Waals surface area contributed by atoms with E-state index < -0.39 is 0 Å². The van der Waals surface area contributed by atoms with E-state index in [1.54, 1.807) is 6.07 Å². The zero-order chi connectivity index (χ0) is 15.5. The van der Waals surface area contributed by atoms with Crippen molar-refractivity contribution in [2.24, 2.45) is 5.92 Å². The van der Waals surface area contributed by atoms with E-state index in [1.807, 2.05) is 18.2 Å². The van der Waals surface area contributed by atoms with Gasteiger partial charge >= 0.3 is 6.03 Å². The molecule has 22 heavy (non-hydrogen) atoms. The fourth-order valence-corrected chi connectivity index (χ4v) is 4.06. The van der Waals surface area contributed by atoms with Gasteiger partial charge in [0.1, 0.15) is 5.82 Å². The highest BCUT2D eigenvalue weighted by Crippen LogP contribution is 2.37. The molecule has 0 radical (unpaired) electrons. The number of aliphatic hydroxyl groups is 1. The first kappa shape index (κ1) is 15.4. The van der Waals surface area contributed by atoms with Crippen LogP contribution in [0.3, 0.4) is 0 Å². The van der Waals surface area contributed by atoms with Gasteiger partial charge < -0.3 is 15.7 Å². The summed E-state index contributed by atoms with van der Waals surface area (Å²) < 4.78 is 13.8. The standard InChI is InChI=1S/C16H19FN2O2S/c17-13-3-1-2-12-14(6-7-22-15(12)13)19-16(21)18-11-5-4-10(8-11)9-20/h1-5,10-11,14,20H,6-9H2,(H2,18,19,21)/t10-,11+,14?/m0/s1. The predicted octanol–water partition coefficient (Wildman–Crippen LogP) is 2.60. The second kappa shape index (κ2) is 6.71. The molecule has 2 amide bonds. The van der Waals surface area contributed by atoms with E-state index in [9.17, 15) is 9.18 Å². The Labute approximate surface area is 133 Å². The molecular formula is C16H19FN2O2S. The first-order valence-electron chi connectivity index (χ1n) is 7.45. The predicted molar refractivity (Wildman–Crippen MR) is 84.3 cm³/mol. The summed E-state index contributed by atoms with van der Waals surface area (Å²) in [7, 11) is 0. The lowest BCUT2D eigenvalue weighted by atomic mass is 10.0.